The molecule has 0 fully saturated rings. The van der Waals surface area contributed by atoms with Crippen molar-refractivity contribution in [1.82, 2.24) is 14.8 Å². The fourth-order valence-electron chi connectivity index (χ4n) is 2.12. The molecule has 0 spiro atoms. The summed E-state index contributed by atoms with van der Waals surface area (Å²) < 4.78 is 2.52. The maximum absolute atomic E-state index is 12.0. The minimum absolute atomic E-state index is 0.0984. The Balaban J connectivity index is 1.62. The monoisotopic (exact) mass is 349 g/mol. The first kappa shape index (κ1) is 13.7. The lowest BCUT2D eigenvalue weighted by Crippen LogP contribution is -2.36. The second-order valence-corrected chi connectivity index (χ2v) is 5.63. The molecular weight excluding hydrogens is 338 g/mol. The highest BCUT2D eigenvalue weighted by Gasteiger charge is 2.29. The molecule has 1 aromatic heterocycles. The normalized spacial score (nSPS) is 17.0. The van der Waals surface area contributed by atoms with E-state index in [4.69, 9.17) is 0 Å². The highest BCUT2D eigenvalue weighted by Crippen LogP contribution is 2.19. The first-order valence-electron chi connectivity index (χ1n) is 6.36. The van der Waals surface area contributed by atoms with Gasteiger partial charge in [0.2, 0.25) is 17.8 Å². The Morgan fingerprint density at radius 1 is 1.43 bits per heavy atom. The molecule has 108 valence electrons. The lowest BCUT2D eigenvalue weighted by Gasteiger charge is -2.21. The second kappa shape index (κ2) is 5.65. The molecule has 2 amide bonds. The standard InChI is InChI=1S/C13H12BrN5O2/c14-9-1-3-10(4-2-9)17-11(20)5-8-6-19-13(15-7-16-19)18-12(8)21/h1-4,7-8H,5-6H2,(H,17,20)(H,15,16,18,21). The number of fused-ring (bicyclic) bond motifs is 1. The van der Waals surface area contributed by atoms with Crippen LogP contribution >= 0.6 is 15.9 Å². The quantitative estimate of drug-likeness (QED) is 0.881. The number of hydrogen-bond acceptors (Lipinski definition) is 4. The number of nitrogens with one attached hydrogen (secondary N) is 2. The van der Waals surface area contributed by atoms with E-state index < -0.39 is 5.92 Å². The second-order valence-electron chi connectivity index (χ2n) is 4.71. The third-order valence-electron chi connectivity index (χ3n) is 3.17. The van der Waals surface area contributed by atoms with Gasteiger partial charge in [0.25, 0.3) is 0 Å². The van der Waals surface area contributed by atoms with Gasteiger partial charge in [-0.25, -0.2) is 4.68 Å². The van der Waals surface area contributed by atoms with E-state index >= 15 is 0 Å². The molecule has 0 saturated heterocycles. The van der Waals surface area contributed by atoms with Gasteiger partial charge in [-0.15, -0.1) is 0 Å². The summed E-state index contributed by atoms with van der Waals surface area (Å²) >= 11 is 3.33. The van der Waals surface area contributed by atoms with Crippen molar-refractivity contribution in [1.29, 1.82) is 0 Å². The number of hydrogen-bond donors (Lipinski definition) is 2. The van der Waals surface area contributed by atoms with Crippen LogP contribution in [-0.4, -0.2) is 26.6 Å². The van der Waals surface area contributed by atoms with Gasteiger partial charge in [0.15, 0.2) is 0 Å². The molecule has 1 unspecified atom stereocenters. The highest BCUT2D eigenvalue weighted by molar-refractivity contribution is 9.10. The minimum Gasteiger partial charge on any atom is -0.326 e. The van der Waals surface area contributed by atoms with Crippen LogP contribution in [0.3, 0.4) is 0 Å². The SMILES string of the molecule is O=C(CC1Cn2ncnc2NC1=O)Nc1ccc(Br)cc1. The smallest absolute Gasteiger partial charge is 0.232 e. The summed E-state index contributed by atoms with van der Waals surface area (Å²) in [5.74, 6) is -0.443. The summed E-state index contributed by atoms with van der Waals surface area (Å²) in [6, 6.07) is 7.26. The number of carbonyl (C=O) groups excluding carboxylic acids is 2. The van der Waals surface area contributed by atoms with E-state index in [2.05, 4.69) is 36.6 Å². The number of carbonyl (C=O) groups is 2. The van der Waals surface area contributed by atoms with E-state index in [1.54, 1.807) is 16.8 Å². The van der Waals surface area contributed by atoms with Gasteiger partial charge in [-0.05, 0) is 24.3 Å². The molecule has 2 heterocycles. The van der Waals surface area contributed by atoms with Crippen molar-refractivity contribution in [2.45, 2.75) is 13.0 Å². The predicted octanol–water partition coefficient (Wildman–Crippen LogP) is 1.64. The van der Waals surface area contributed by atoms with Gasteiger partial charge in [-0.1, -0.05) is 15.9 Å². The van der Waals surface area contributed by atoms with Crippen LogP contribution in [0.5, 0.6) is 0 Å². The molecule has 3 rings (SSSR count). The molecule has 2 aromatic rings. The summed E-state index contributed by atoms with van der Waals surface area (Å²) in [6.45, 7) is 0.356. The summed E-state index contributed by atoms with van der Waals surface area (Å²) in [7, 11) is 0. The Bertz CT molecular complexity index is 682. The first-order chi connectivity index (χ1) is 10.1. The molecule has 0 saturated carbocycles. The van der Waals surface area contributed by atoms with Gasteiger partial charge < -0.3 is 5.32 Å². The van der Waals surface area contributed by atoms with Gasteiger partial charge in [-0.3, -0.25) is 14.9 Å². The Kier molecular flexibility index (Phi) is 3.70. The van der Waals surface area contributed by atoms with E-state index in [-0.39, 0.29) is 18.2 Å². The summed E-state index contributed by atoms with van der Waals surface area (Å²) in [4.78, 5) is 27.8. The number of benzene rings is 1. The zero-order valence-electron chi connectivity index (χ0n) is 10.9. The van der Waals surface area contributed by atoms with Crippen molar-refractivity contribution in [3.05, 3.63) is 35.1 Å². The Morgan fingerprint density at radius 3 is 2.95 bits per heavy atom. The predicted molar refractivity (Wildman–Crippen MR) is 79.5 cm³/mol. The van der Waals surface area contributed by atoms with E-state index in [1.807, 2.05) is 12.1 Å². The van der Waals surface area contributed by atoms with Gasteiger partial charge in [0.05, 0.1) is 12.5 Å². The maximum Gasteiger partial charge on any atom is 0.232 e. The summed E-state index contributed by atoms with van der Waals surface area (Å²) in [6.07, 6.45) is 1.47. The van der Waals surface area contributed by atoms with Crippen molar-refractivity contribution in [3.63, 3.8) is 0 Å². The zero-order valence-corrected chi connectivity index (χ0v) is 12.5. The van der Waals surface area contributed by atoms with E-state index in [0.717, 1.165) is 4.47 Å². The van der Waals surface area contributed by atoms with Gasteiger partial charge in [0.1, 0.15) is 6.33 Å². The van der Waals surface area contributed by atoms with Gasteiger partial charge in [0, 0.05) is 16.6 Å². The van der Waals surface area contributed by atoms with Gasteiger partial charge >= 0.3 is 0 Å². The fourth-order valence-corrected chi connectivity index (χ4v) is 2.39. The lowest BCUT2D eigenvalue weighted by molar-refractivity contribution is -0.125. The summed E-state index contributed by atoms with van der Waals surface area (Å²) in [5, 5.41) is 9.40. The number of nitrogens with zero attached hydrogens (tertiary/aromatic N) is 3. The minimum atomic E-state index is -0.449. The van der Waals surface area contributed by atoms with Crippen LogP contribution in [0.15, 0.2) is 35.1 Å². The van der Waals surface area contributed by atoms with Gasteiger partial charge in [-0.2, -0.15) is 10.1 Å². The van der Waals surface area contributed by atoms with Crippen molar-refractivity contribution >= 4 is 39.4 Å². The van der Waals surface area contributed by atoms with Crippen LogP contribution in [-0.2, 0) is 16.1 Å². The van der Waals surface area contributed by atoms with E-state index in [1.165, 1.54) is 6.33 Å². The van der Waals surface area contributed by atoms with Crippen LogP contribution < -0.4 is 10.6 Å². The molecule has 1 aliphatic rings. The molecule has 8 heteroatoms. The molecule has 21 heavy (non-hydrogen) atoms. The Labute approximate surface area is 128 Å². The zero-order chi connectivity index (χ0) is 14.8. The third-order valence-corrected chi connectivity index (χ3v) is 3.70. The van der Waals surface area contributed by atoms with Crippen LogP contribution in [0, 0.1) is 5.92 Å². The maximum atomic E-state index is 12.0. The van der Waals surface area contributed by atoms with Crippen molar-refractivity contribution < 1.29 is 9.59 Å². The number of aromatic nitrogens is 3. The first-order valence-corrected chi connectivity index (χ1v) is 7.15. The van der Waals surface area contributed by atoms with E-state index in [9.17, 15) is 9.59 Å². The summed E-state index contributed by atoms with van der Waals surface area (Å²) in [5.41, 5.74) is 0.695. The molecule has 1 atom stereocenters. The van der Waals surface area contributed by atoms with Crippen molar-refractivity contribution in [3.8, 4) is 0 Å². The van der Waals surface area contributed by atoms with Crippen LogP contribution in [0.2, 0.25) is 0 Å². The molecule has 7 nitrogen and oxygen atoms in total. The largest absolute Gasteiger partial charge is 0.326 e. The average molecular weight is 350 g/mol. The molecule has 0 bridgehead atoms. The van der Waals surface area contributed by atoms with Crippen molar-refractivity contribution in [2.24, 2.45) is 5.92 Å². The molecule has 1 aromatic carbocycles. The molecule has 0 aliphatic carbocycles. The number of rotatable bonds is 3. The number of amides is 2. The van der Waals surface area contributed by atoms with Crippen LogP contribution in [0.4, 0.5) is 11.6 Å². The number of anilines is 2. The average Bonchev–Trinajstić information content (AvgIpc) is 2.89. The molecular formula is C13H12BrN5O2. The van der Waals surface area contributed by atoms with Crippen molar-refractivity contribution in [2.75, 3.05) is 10.6 Å². The molecule has 1 aliphatic heterocycles. The fraction of sp³-hybridized carbons (Fsp3) is 0.231. The lowest BCUT2D eigenvalue weighted by atomic mass is 10.0. The Hall–Kier alpha value is -2.22. The molecule has 2 N–H and O–H groups in total. The highest BCUT2D eigenvalue weighted by atomic mass is 79.9. The van der Waals surface area contributed by atoms with Crippen LogP contribution in [0.1, 0.15) is 6.42 Å². The number of halogens is 1. The third kappa shape index (κ3) is 3.10. The Morgan fingerprint density at radius 2 is 2.19 bits per heavy atom. The van der Waals surface area contributed by atoms with Crippen LogP contribution in [0.25, 0.3) is 0 Å². The molecule has 0 radical (unpaired) electrons. The van der Waals surface area contributed by atoms with E-state index in [0.29, 0.717) is 18.2 Å². The topological polar surface area (TPSA) is 88.9 Å².